The molecule has 2 aromatic carbocycles. The number of benzene rings is 2. The van der Waals surface area contributed by atoms with Gasteiger partial charge in [-0.15, -0.1) is 10.2 Å². The fourth-order valence-electron chi connectivity index (χ4n) is 3.76. The zero-order chi connectivity index (χ0) is 22.5. The molecule has 0 aliphatic carbocycles. The van der Waals surface area contributed by atoms with Gasteiger partial charge < -0.3 is 19.4 Å². The molecule has 1 amide bonds. The second-order valence-corrected chi connectivity index (χ2v) is 7.95. The van der Waals surface area contributed by atoms with Crippen molar-refractivity contribution in [2.24, 2.45) is 0 Å². The number of hydrogen-bond donors (Lipinski definition) is 0. The summed E-state index contributed by atoms with van der Waals surface area (Å²) >= 11 is 0. The van der Waals surface area contributed by atoms with Crippen LogP contribution >= 0.6 is 0 Å². The summed E-state index contributed by atoms with van der Waals surface area (Å²) in [5.74, 6) is 1.76. The lowest BCUT2D eigenvalue weighted by molar-refractivity contribution is 0.0746. The molecule has 3 aromatic rings. The highest BCUT2D eigenvalue weighted by atomic mass is 16.5. The molecule has 1 aliphatic rings. The molecule has 166 valence electrons. The summed E-state index contributed by atoms with van der Waals surface area (Å²) in [5.41, 5.74) is 3.64. The van der Waals surface area contributed by atoms with Gasteiger partial charge in [-0.05, 0) is 67.6 Å². The van der Waals surface area contributed by atoms with Crippen molar-refractivity contribution in [3.8, 4) is 17.0 Å². The summed E-state index contributed by atoms with van der Waals surface area (Å²) in [4.78, 5) is 19.0. The van der Waals surface area contributed by atoms with Crippen LogP contribution in [-0.4, -0.2) is 67.9 Å². The number of carbonyl (C=O) groups is 1. The maximum atomic E-state index is 12.8. The highest BCUT2D eigenvalue weighted by molar-refractivity contribution is 5.94. The maximum absolute atomic E-state index is 12.8. The Morgan fingerprint density at radius 2 is 1.59 bits per heavy atom. The first-order valence-corrected chi connectivity index (χ1v) is 10.9. The van der Waals surface area contributed by atoms with E-state index in [-0.39, 0.29) is 5.91 Å². The molecule has 0 spiro atoms. The third-order valence-electron chi connectivity index (χ3n) is 5.63. The number of aromatic nitrogens is 2. The number of carbonyl (C=O) groups excluding carboxylic acids is 1. The van der Waals surface area contributed by atoms with Crippen LogP contribution in [0.25, 0.3) is 11.3 Å². The third kappa shape index (κ3) is 4.82. The van der Waals surface area contributed by atoms with Gasteiger partial charge in [0.05, 0.1) is 12.3 Å². The molecule has 0 unspecified atom stereocenters. The van der Waals surface area contributed by atoms with Crippen molar-refractivity contribution in [1.82, 2.24) is 15.1 Å². The fraction of sp³-hybridized carbons (Fsp3) is 0.320. The molecule has 2 heterocycles. The van der Waals surface area contributed by atoms with Gasteiger partial charge >= 0.3 is 0 Å². The Balaban J connectivity index is 1.35. The highest BCUT2D eigenvalue weighted by Crippen LogP contribution is 2.22. The fourth-order valence-corrected chi connectivity index (χ4v) is 3.76. The lowest BCUT2D eigenvalue weighted by Gasteiger charge is -2.35. The predicted octanol–water partition coefficient (Wildman–Crippen LogP) is 3.57. The monoisotopic (exact) mass is 431 g/mol. The number of amides is 1. The molecule has 7 nitrogen and oxygen atoms in total. The average Bonchev–Trinajstić information content (AvgIpc) is 2.84. The summed E-state index contributed by atoms with van der Waals surface area (Å²) in [5, 5.41) is 8.84. The van der Waals surface area contributed by atoms with E-state index in [1.54, 1.807) is 0 Å². The molecule has 0 atom stereocenters. The predicted molar refractivity (Wildman–Crippen MR) is 128 cm³/mol. The van der Waals surface area contributed by atoms with Gasteiger partial charge in [0.2, 0.25) is 0 Å². The van der Waals surface area contributed by atoms with Crippen molar-refractivity contribution in [2.75, 3.05) is 56.7 Å². The normalized spacial score (nSPS) is 13.7. The van der Waals surface area contributed by atoms with Crippen molar-refractivity contribution in [3.05, 3.63) is 66.2 Å². The van der Waals surface area contributed by atoms with Gasteiger partial charge in [0.15, 0.2) is 5.82 Å². The van der Waals surface area contributed by atoms with Crippen LogP contribution in [0, 0.1) is 0 Å². The van der Waals surface area contributed by atoms with E-state index in [1.165, 1.54) is 0 Å². The van der Waals surface area contributed by atoms with Crippen molar-refractivity contribution >= 4 is 17.4 Å². The molecule has 1 saturated heterocycles. The second kappa shape index (κ2) is 9.68. The average molecular weight is 432 g/mol. The molecule has 0 bridgehead atoms. The summed E-state index contributed by atoms with van der Waals surface area (Å²) in [6.07, 6.45) is 0. The van der Waals surface area contributed by atoms with E-state index < -0.39 is 0 Å². The van der Waals surface area contributed by atoms with E-state index in [0.29, 0.717) is 19.7 Å². The van der Waals surface area contributed by atoms with Crippen molar-refractivity contribution in [3.63, 3.8) is 0 Å². The standard InChI is InChI=1S/C25H29N5O2/c1-4-32-22-11-7-19(8-12-22)23-13-14-24(27-26-23)29-15-17-30(18-16-29)25(31)20-5-9-21(10-6-20)28(2)3/h5-14H,4,15-18H2,1-3H3. The summed E-state index contributed by atoms with van der Waals surface area (Å²) in [6, 6.07) is 19.6. The zero-order valence-corrected chi connectivity index (χ0v) is 18.9. The Morgan fingerprint density at radius 3 is 2.16 bits per heavy atom. The van der Waals surface area contributed by atoms with Crippen LogP contribution in [-0.2, 0) is 0 Å². The van der Waals surface area contributed by atoms with E-state index >= 15 is 0 Å². The lowest BCUT2D eigenvalue weighted by Crippen LogP contribution is -2.49. The van der Waals surface area contributed by atoms with Crippen LogP contribution in [0.2, 0.25) is 0 Å². The van der Waals surface area contributed by atoms with Crippen LogP contribution in [0.4, 0.5) is 11.5 Å². The number of hydrogen-bond acceptors (Lipinski definition) is 6. The third-order valence-corrected chi connectivity index (χ3v) is 5.63. The van der Waals surface area contributed by atoms with E-state index in [0.717, 1.165) is 47.2 Å². The quantitative estimate of drug-likeness (QED) is 0.595. The Labute approximate surface area is 189 Å². The molecule has 4 rings (SSSR count). The van der Waals surface area contributed by atoms with Crippen molar-refractivity contribution in [1.29, 1.82) is 0 Å². The molecular weight excluding hydrogens is 402 g/mol. The molecule has 1 aromatic heterocycles. The molecule has 1 aliphatic heterocycles. The van der Waals surface area contributed by atoms with E-state index in [4.69, 9.17) is 4.74 Å². The minimum atomic E-state index is 0.0758. The van der Waals surface area contributed by atoms with Crippen LogP contribution in [0.3, 0.4) is 0 Å². The number of rotatable bonds is 6. The first-order valence-electron chi connectivity index (χ1n) is 10.9. The first-order chi connectivity index (χ1) is 15.5. The molecule has 0 saturated carbocycles. The van der Waals surface area contributed by atoms with Gasteiger partial charge in [0.25, 0.3) is 5.91 Å². The Hall–Kier alpha value is -3.61. The highest BCUT2D eigenvalue weighted by Gasteiger charge is 2.23. The summed E-state index contributed by atoms with van der Waals surface area (Å²) < 4.78 is 5.49. The molecule has 1 fully saturated rings. The van der Waals surface area contributed by atoms with Crippen LogP contribution in [0.15, 0.2) is 60.7 Å². The van der Waals surface area contributed by atoms with Crippen LogP contribution in [0.5, 0.6) is 5.75 Å². The SMILES string of the molecule is CCOc1ccc(-c2ccc(N3CCN(C(=O)c4ccc(N(C)C)cc4)CC3)nn2)cc1. The van der Waals surface area contributed by atoms with E-state index in [9.17, 15) is 4.79 Å². The lowest BCUT2D eigenvalue weighted by atomic mass is 10.1. The van der Waals surface area contributed by atoms with Gasteiger partial charge in [-0.1, -0.05) is 0 Å². The van der Waals surface area contributed by atoms with Crippen molar-refractivity contribution in [2.45, 2.75) is 6.92 Å². The molecule has 0 N–H and O–H groups in total. The first kappa shape index (κ1) is 21.6. The van der Waals surface area contributed by atoms with Crippen LogP contribution in [0.1, 0.15) is 17.3 Å². The van der Waals surface area contributed by atoms with Gasteiger partial charge in [0, 0.05) is 57.1 Å². The van der Waals surface area contributed by atoms with Gasteiger partial charge in [-0.3, -0.25) is 4.79 Å². The van der Waals surface area contributed by atoms with Gasteiger partial charge in [-0.2, -0.15) is 0 Å². The molecule has 0 radical (unpaired) electrons. The smallest absolute Gasteiger partial charge is 0.253 e. The van der Waals surface area contributed by atoms with Crippen LogP contribution < -0.4 is 14.5 Å². The number of nitrogens with zero attached hydrogens (tertiary/aromatic N) is 5. The van der Waals surface area contributed by atoms with Gasteiger partial charge in [0.1, 0.15) is 5.75 Å². The van der Waals surface area contributed by atoms with Crippen molar-refractivity contribution < 1.29 is 9.53 Å². The minimum Gasteiger partial charge on any atom is -0.494 e. The Morgan fingerprint density at radius 1 is 0.906 bits per heavy atom. The number of anilines is 2. The molecular formula is C25H29N5O2. The summed E-state index contributed by atoms with van der Waals surface area (Å²) in [7, 11) is 3.98. The van der Waals surface area contributed by atoms with Gasteiger partial charge in [-0.25, -0.2) is 0 Å². The zero-order valence-electron chi connectivity index (χ0n) is 18.9. The Bertz CT molecular complexity index is 1030. The number of ether oxygens (including phenoxy) is 1. The van der Waals surface area contributed by atoms with E-state index in [1.807, 2.05) is 91.5 Å². The largest absolute Gasteiger partial charge is 0.494 e. The molecule has 32 heavy (non-hydrogen) atoms. The topological polar surface area (TPSA) is 61.8 Å². The van der Waals surface area contributed by atoms with E-state index in [2.05, 4.69) is 15.1 Å². The maximum Gasteiger partial charge on any atom is 0.253 e. The minimum absolute atomic E-state index is 0.0758. The summed E-state index contributed by atoms with van der Waals surface area (Å²) in [6.45, 7) is 5.41. The Kier molecular flexibility index (Phi) is 6.54. The second-order valence-electron chi connectivity index (χ2n) is 7.95. The number of piperazine rings is 1. The molecule has 7 heteroatoms.